The van der Waals surface area contributed by atoms with Crippen LogP contribution in [0.5, 0.6) is 0 Å². The molecule has 0 saturated carbocycles. The van der Waals surface area contributed by atoms with Crippen LogP contribution in [0, 0.1) is 5.82 Å². The lowest BCUT2D eigenvalue weighted by atomic mass is 10.1. The molecule has 1 aromatic rings. The predicted molar refractivity (Wildman–Crippen MR) is 58.7 cm³/mol. The van der Waals surface area contributed by atoms with Crippen molar-refractivity contribution in [2.45, 2.75) is 12.3 Å². The molecule has 1 unspecified atom stereocenters. The summed E-state index contributed by atoms with van der Waals surface area (Å²) in [5, 5.41) is 1.69. The van der Waals surface area contributed by atoms with Gasteiger partial charge in [0.15, 0.2) is 0 Å². The Hall–Kier alpha value is -0.800. The molecule has 0 aromatic heterocycles. The largest absolute Gasteiger partial charge is 0.355 e. The van der Waals surface area contributed by atoms with Crippen LogP contribution >= 0.6 is 23.2 Å². The first kappa shape index (κ1) is 12.3. The van der Waals surface area contributed by atoms with E-state index in [1.54, 1.807) is 6.92 Å². The van der Waals surface area contributed by atoms with E-state index in [-0.39, 0.29) is 10.9 Å². The molecular formula is C10H10Cl2FNO. The fourth-order valence-electron chi connectivity index (χ4n) is 1.09. The van der Waals surface area contributed by atoms with Gasteiger partial charge in [0.1, 0.15) is 11.2 Å². The van der Waals surface area contributed by atoms with Crippen LogP contribution in [0.15, 0.2) is 18.2 Å². The van der Waals surface area contributed by atoms with Crippen LogP contribution in [-0.2, 0) is 4.79 Å². The normalized spacial score (nSPS) is 12.3. The van der Waals surface area contributed by atoms with E-state index < -0.39 is 11.2 Å². The zero-order chi connectivity index (χ0) is 11.4. The second-order valence-corrected chi connectivity index (χ2v) is 3.77. The molecule has 1 amide bonds. The minimum absolute atomic E-state index is 0.0394. The third kappa shape index (κ3) is 3.08. The zero-order valence-corrected chi connectivity index (χ0v) is 9.57. The molecule has 1 aromatic carbocycles. The van der Waals surface area contributed by atoms with Gasteiger partial charge in [-0.2, -0.15) is 0 Å². The maximum atomic E-state index is 12.8. The Kier molecular flexibility index (Phi) is 4.36. The first-order valence-electron chi connectivity index (χ1n) is 4.43. The Morgan fingerprint density at radius 3 is 2.80 bits per heavy atom. The summed E-state index contributed by atoms with van der Waals surface area (Å²) in [4.78, 5) is 11.4. The summed E-state index contributed by atoms with van der Waals surface area (Å²) in [5.41, 5.74) is 0.481. The van der Waals surface area contributed by atoms with Crippen LogP contribution in [0.1, 0.15) is 17.9 Å². The number of hydrogen-bond donors (Lipinski definition) is 1. The standard InChI is InChI=1S/C10H10Cl2FNO/c1-2-14-10(15)9(12)6-3-4-8(13)7(11)5-6/h3-5,9H,2H2,1H3,(H,14,15). The lowest BCUT2D eigenvalue weighted by molar-refractivity contribution is -0.120. The highest BCUT2D eigenvalue weighted by Gasteiger charge is 2.17. The van der Waals surface area contributed by atoms with Crippen LogP contribution in [0.25, 0.3) is 0 Å². The van der Waals surface area contributed by atoms with Crippen LogP contribution in [0.3, 0.4) is 0 Å². The molecule has 1 atom stereocenters. The van der Waals surface area contributed by atoms with Gasteiger partial charge >= 0.3 is 0 Å². The predicted octanol–water partition coefficient (Wildman–Crippen LogP) is 2.90. The molecular weight excluding hydrogens is 240 g/mol. The lowest BCUT2D eigenvalue weighted by Gasteiger charge is -2.09. The molecule has 0 bridgehead atoms. The van der Waals surface area contributed by atoms with Gasteiger partial charge in [0.25, 0.3) is 0 Å². The van der Waals surface area contributed by atoms with Crippen LogP contribution in [0.4, 0.5) is 4.39 Å². The van der Waals surface area contributed by atoms with Crippen molar-refractivity contribution in [2.24, 2.45) is 0 Å². The van der Waals surface area contributed by atoms with E-state index >= 15 is 0 Å². The number of likely N-dealkylation sites (N-methyl/N-ethyl adjacent to an activating group) is 1. The highest BCUT2D eigenvalue weighted by molar-refractivity contribution is 6.32. The van der Waals surface area contributed by atoms with E-state index in [2.05, 4.69) is 5.32 Å². The molecule has 0 radical (unpaired) electrons. The summed E-state index contributed by atoms with van der Waals surface area (Å²) in [5.74, 6) is -0.845. The summed E-state index contributed by atoms with van der Waals surface area (Å²) in [6.45, 7) is 2.29. The van der Waals surface area contributed by atoms with Crippen molar-refractivity contribution in [1.82, 2.24) is 5.32 Å². The molecule has 0 aliphatic heterocycles. The summed E-state index contributed by atoms with van der Waals surface area (Å²) in [7, 11) is 0. The molecule has 5 heteroatoms. The summed E-state index contributed by atoms with van der Waals surface area (Å²) in [6, 6.07) is 3.98. The molecule has 0 spiro atoms. The Morgan fingerprint density at radius 1 is 1.60 bits per heavy atom. The average Bonchev–Trinajstić information content (AvgIpc) is 2.21. The van der Waals surface area contributed by atoms with Crippen molar-refractivity contribution < 1.29 is 9.18 Å². The number of carbonyl (C=O) groups is 1. The Balaban J connectivity index is 2.86. The molecule has 0 saturated heterocycles. The molecule has 0 heterocycles. The second-order valence-electron chi connectivity index (χ2n) is 2.93. The van der Waals surface area contributed by atoms with Crippen molar-refractivity contribution in [3.8, 4) is 0 Å². The minimum atomic E-state index is -0.844. The number of hydrogen-bond acceptors (Lipinski definition) is 1. The molecule has 1 rings (SSSR count). The number of rotatable bonds is 3. The number of amides is 1. The number of benzene rings is 1. The van der Waals surface area contributed by atoms with Gasteiger partial charge in [0.05, 0.1) is 5.02 Å². The second kappa shape index (κ2) is 5.33. The Morgan fingerprint density at radius 2 is 2.27 bits per heavy atom. The van der Waals surface area contributed by atoms with Crippen LogP contribution < -0.4 is 5.32 Å². The molecule has 0 aliphatic carbocycles. The Labute approximate surface area is 97.4 Å². The molecule has 0 fully saturated rings. The van der Waals surface area contributed by atoms with E-state index in [1.165, 1.54) is 18.2 Å². The summed E-state index contributed by atoms with van der Waals surface area (Å²) < 4.78 is 12.8. The number of halogens is 3. The average molecular weight is 250 g/mol. The molecule has 0 aliphatic rings. The lowest BCUT2D eigenvalue weighted by Crippen LogP contribution is -2.26. The molecule has 2 nitrogen and oxygen atoms in total. The van der Waals surface area contributed by atoms with Crippen molar-refractivity contribution in [1.29, 1.82) is 0 Å². The van der Waals surface area contributed by atoms with Crippen molar-refractivity contribution in [3.63, 3.8) is 0 Å². The molecule has 1 N–H and O–H groups in total. The third-order valence-corrected chi connectivity index (χ3v) is 2.56. The van der Waals surface area contributed by atoms with Crippen LogP contribution in [-0.4, -0.2) is 12.5 Å². The Bertz CT molecular complexity index is 370. The fraction of sp³-hybridized carbons (Fsp3) is 0.300. The van der Waals surface area contributed by atoms with E-state index in [1.807, 2.05) is 0 Å². The van der Waals surface area contributed by atoms with E-state index in [4.69, 9.17) is 23.2 Å². The summed E-state index contributed by atoms with van der Waals surface area (Å²) >= 11 is 11.4. The van der Waals surface area contributed by atoms with Gasteiger partial charge < -0.3 is 5.32 Å². The monoisotopic (exact) mass is 249 g/mol. The number of nitrogens with one attached hydrogen (secondary N) is 1. The van der Waals surface area contributed by atoms with Gasteiger partial charge in [-0.15, -0.1) is 11.6 Å². The molecule has 82 valence electrons. The fourth-order valence-corrected chi connectivity index (χ4v) is 1.49. The van der Waals surface area contributed by atoms with Crippen molar-refractivity contribution in [2.75, 3.05) is 6.54 Å². The maximum Gasteiger partial charge on any atom is 0.242 e. The van der Waals surface area contributed by atoms with Gasteiger partial charge in [0.2, 0.25) is 5.91 Å². The molecule has 15 heavy (non-hydrogen) atoms. The van der Waals surface area contributed by atoms with Crippen LogP contribution in [0.2, 0.25) is 5.02 Å². The zero-order valence-electron chi connectivity index (χ0n) is 8.06. The number of carbonyl (C=O) groups excluding carboxylic acids is 1. The topological polar surface area (TPSA) is 29.1 Å². The maximum absolute atomic E-state index is 12.8. The third-order valence-electron chi connectivity index (χ3n) is 1.82. The van der Waals surface area contributed by atoms with Gasteiger partial charge in [-0.25, -0.2) is 4.39 Å². The van der Waals surface area contributed by atoms with Crippen molar-refractivity contribution in [3.05, 3.63) is 34.6 Å². The first-order chi connectivity index (χ1) is 7.06. The highest BCUT2D eigenvalue weighted by Crippen LogP contribution is 2.25. The van der Waals surface area contributed by atoms with E-state index in [9.17, 15) is 9.18 Å². The van der Waals surface area contributed by atoms with E-state index in [0.29, 0.717) is 12.1 Å². The first-order valence-corrected chi connectivity index (χ1v) is 5.24. The number of alkyl halides is 1. The minimum Gasteiger partial charge on any atom is -0.355 e. The highest BCUT2D eigenvalue weighted by atomic mass is 35.5. The van der Waals surface area contributed by atoms with Crippen molar-refractivity contribution >= 4 is 29.1 Å². The van der Waals surface area contributed by atoms with Gasteiger partial charge in [-0.1, -0.05) is 17.7 Å². The summed E-state index contributed by atoms with van der Waals surface area (Å²) in [6.07, 6.45) is 0. The SMILES string of the molecule is CCNC(=O)C(Cl)c1ccc(F)c(Cl)c1. The van der Waals surface area contributed by atoms with Gasteiger partial charge in [-0.05, 0) is 24.6 Å². The van der Waals surface area contributed by atoms with Gasteiger partial charge in [0, 0.05) is 6.54 Å². The smallest absolute Gasteiger partial charge is 0.242 e. The van der Waals surface area contributed by atoms with E-state index in [0.717, 1.165) is 0 Å². The quantitative estimate of drug-likeness (QED) is 0.821. The van der Waals surface area contributed by atoms with Gasteiger partial charge in [-0.3, -0.25) is 4.79 Å².